The molecule has 0 saturated carbocycles. The lowest BCUT2D eigenvalue weighted by molar-refractivity contribution is 0.322. The maximum atomic E-state index is 8.34. The van der Waals surface area contributed by atoms with Gasteiger partial charge in [0.1, 0.15) is 0 Å². The van der Waals surface area contributed by atoms with Crippen LogP contribution in [0, 0.1) is 0 Å². The van der Waals surface area contributed by atoms with Crippen molar-refractivity contribution in [1.82, 2.24) is 0 Å². The van der Waals surface area contributed by atoms with Crippen molar-refractivity contribution >= 4 is 28.9 Å². The maximum Gasteiger partial charge on any atom is 0.0833 e. The average Bonchev–Trinajstić information content (AvgIpc) is 2.70. The molecule has 0 aromatic carbocycles. The maximum absolute atomic E-state index is 8.34. The van der Waals surface area contributed by atoms with Crippen LogP contribution in [0.15, 0.2) is 34.8 Å². The van der Waals surface area contributed by atoms with Gasteiger partial charge in [0.2, 0.25) is 0 Å². The minimum atomic E-state index is 0.964. The van der Waals surface area contributed by atoms with Gasteiger partial charge in [0, 0.05) is 14.6 Å². The second kappa shape index (κ2) is 3.72. The Kier molecular flexibility index (Phi) is 2.42. The van der Waals surface area contributed by atoms with Crippen LogP contribution in [0.5, 0.6) is 0 Å². The minimum Gasteiger partial charge on any atom is -0.411 e. The van der Waals surface area contributed by atoms with Crippen molar-refractivity contribution in [3.63, 3.8) is 0 Å². The third-order valence-corrected chi connectivity index (χ3v) is 3.66. The normalized spacial score (nSPS) is 11.1. The molecule has 2 rings (SSSR count). The highest BCUT2D eigenvalue weighted by molar-refractivity contribution is 7.22. The molecule has 2 aromatic heterocycles. The molecule has 13 heavy (non-hydrogen) atoms. The molecule has 0 aliphatic rings. The topological polar surface area (TPSA) is 32.6 Å². The molecule has 0 bridgehead atoms. The number of nitrogens with zero attached hydrogens (tertiary/aromatic N) is 1. The highest BCUT2D eigenvalue weighted by Crippen LogP contribution is 2.30. The summed E-state index contributed by atoms with van der Waals surface area (Å²) in [5.41, 5.74) is 0. The summed E-state index contributed by atoms with van der Waals surface area (Å²) in [6.45, 7) is 0. The Bertz CT molecular complexity index is 403. The third-order valence-electron chi connectivity index (χ3n) is 1.58. The predicted molar refractivity (Wildman–Crippen MR) is 57.0 cm³/mol. The molecule has 0 saturated heterocycles. The van der Waals surface area contributed by atoms with Crippen LogP contribution in [-0.2, 0) is 0 Å². The van der Waals surface area contributed by atoms with Gasteiger partial charge in [0.25, 0.3) is 0 Å². The first-order valence-electron chi connectivity index (χ1n) is 3.71. The first-order valence-corrected chi connectivity index (χ1v) is 5.41. The summed E-state index contributed by atoms with van der Waals surface area (Å²) in [5.74, 6) is 0. The molecular weight excluding hydrogens is 202 g/mol. The Morgan fingerprint density at radius 3 is 2.85 bits per heavy atom. The van der Waals surface area contributed by atoms with E-state index >= 15 is 0 Å². The molecule has 0 radical (unpaired) electrons. The lowest BCUT2D eigenvalue weighted by Gasteiger charge is -1.86. The monoisotopic (exact) mass is 209 g/mol. The van der Waals surface area contributed by atoms with Crippen molar-refractivity contribution in [2.75, 3.05) is 0 Å². The summed E-state index contributed by atoms with van der Waals surface area (Å²) in [7, 11) is 0. The number of rotatable bonds is 2. The molecular formula is C9H7NOS2. The van der Waals surface area contributed by atoms with E-state index in [4.69, 9.17) is 5.21 Å². The largest absolute Gasteiger partial charge is 0.411 e. The van der Waals surface area contributed by atoms with Crippen LogP contribution in [0.25, 0.3) is 9.75 Å². The van der Waals surface area contributed by atoms with Crippen molar-refractivity contribution in [3.8, 4) is 9.75 Å². The Hall–Kier alpha value is -1.13. The standard InChI is InChI=1S/C9H7NOS2/c11-10-6-7-3-4-9(13-7)8-2-1-5-12-8/h1-6,11H/b10-6-. The smallest absolute Gasteiger partial charge is 0.0833 e. The van der Waals surface area contributed by atoms with Crippen LogP contribution in [-0.4, -0.2) is 11.4 Å². The van der Waals surface area contributed by atoms with Gasteiger partial charge >= 0.3 is 0 Å². The Balaban J connectivity index is 2.33. The highest BCUT2D eigenvalue weighted by atomic mass is 32.1. The molecule has 1 N–H and O–H groups in total. The third kappa shape index (κ3) is 1.79. The van der Waals surface area contributed by atoms with Gasteiger partial charge in [0.15, 0.2) is 0 Å². The number of thiophene rings is 2. The van der Waals surface area contributed by atoms with Gasteiger partial charge in [-0.1, -0.05) is 11.2 Å². The minimum absolute atomic E-state index is 0.964. The number of oxime groups is 1. The lowest BCUT2D eigenvalue weighted by Crippen LogP contribution is -1.67. The number of hydrogen-bond acceptors (Lipinski definition) is 4. The number of hydrogen-bond donors (Lipinski definition) is 1. The Labute approximate surface area is 83.8 Å². The van der Waals surface area contributed by atoms with Crippen LogP contribution in [0.3, 0.4) is 0 Å². The zero-order chi connectivity index (χ0) is 9.10. The predicted octanol–water partition coefficient (Wildman–Crippen LogP) is 3.28. The second-order valence-electron chi connectivity index (χ2n) is 2.42. The molecule has 2 aromatic rings. The van der Waals surface area contributed by atoms with E-state index in [1.807, 2.05) is 18.2 Å². The second-order valence-corrected chi connectivity index (χ2v) is 4.49. The molecule has 0 aliphatic heterocycles. The van der Waals surface area contributed by atoms with Crippen LogP contribution < -0.4 is 0 Å². The molecule has 0 amide bonds. The average molecular weight is 209 g/mol. The zero-order valence-electron chi connectivity index (χ0n) is 6.68. The summed E-state index contributed by atoms with van der Waals surface area (Å²) >= 11 is 3.33. The van der Waals surface area contributed by atoms with Gasteiger partial charge in [0.05, 0.1) is 6.21 Å². The van der Waals surface area contributed by atoms with Gasteiger partial charge in [-0.2, -0.15) is 0 Å². The van der Waals surface area contributed by atoms with Crippen LogP contribution >= 0.6 is 22.7 Å². The molecule has 0 unspecified atom stereocenters. The lowest BCUT2D eigenvalue weighted by atomic mass is 10.4. The van der Waals surface area contributed by atoms with Crippen LogP contribution in [0.4, 0.5) is 0 Å². The van der Waals surface area contributed by atoms with E-state index in [9.17, 15) is 0 Å². The van der Waals surface area contributed by atoms with Gasteiger partial charge < -0.3 is 5.21 Å². The SMILES string of the molecule is O/N=C\c1ccc(-c2cccs2)s1. The van der Waals surface area contributed by atoms with Crippen molar-refractivity contribution in [2.24, 2.45) is 5.16 Å². The zero-order valence-corrected chi connectivity index (χ0v) is 8.31. The summed E-state index contributed by atoms with van der Waals surface area (Å²) in [6, 6.07) is 8.09. The highest BCUT2D eigenvalue weighted by Gasteiger charge is 2.01. The van der Waals surface area contributed by atoms with E-state index in [0.29, 0.717) is 0 Å². The van der Waals surface area contributed by atoms with E-state index in [1.54, 1.807) is 22.7 Å². The van der Waals surface area contributed by atoms with Crippen LogP contribution in [0.2, 0.25) is 0 Å². The summed E-state index contributed by atoms with van der Waals surface area (Å²) < 4.78 is 0. The molecule has 0 fully saturated rings. The Morgan fingerprint density at radius 1 is 1.23 bits per heavy atom. The van der Waals surface area contributed by atoms with Gasteiger partial charge in [-0.15, -0.1) is 22.7 Å². The van der Waals surface area contributed by atoms with Crippen molar-refractivity contribution in [2.45, 2.75) is 0 Å². The van der Waals surface area contributed by atoms with Gasteiger partial charge in [-0.05, 0) is 23.6 Å². The quantitative estimate of drug-likeness (QED) is 0.459. The molecule has 0 aliphatic carbocycles. The van der Waals surface area contributed by atoms with Crippen LogP contribution in [0.1, 0.15) is 4.88 Å². The van der Waals surface area contributed by atoms with Gasteiger partial charge in [-0.25, -0.2) is 0 Å². The fourth-order valence-electron chi connectivity index (χ4n) is 1.03. The van der Waals surface area contributed by atoms with Crippen molar-refractivity contribution in [1.29, 1.82) is 0 Å². The summed E-state index contributed by atoms with van der Waals surface area (Å²) in [5, 5.41) is 13.4. The molecule has 0 atom stereocenters. The first-order chi connectivity index (χ1) is 6.40. The molecule has 2 heterocycles. The van der Waals surface area contributed by atoms with Crippen molar-refractivity contribution in [3.05, 3.63) is 34.5 Å². The van der Waals surface area contributed by atoms with E-state index in [-0.39, 0.29) is 0 Å². The van der Waals surface area contributed by atoms with Crippen molar-refractivity contribution < 1.29 is 5.21 Å². The first kappa shape index (κ1) is 8.47. The van der Waals surface area contributed by atoms with E-state index in [2.05, 4.69) is 16.6 Å². The molecule has 0 spiro atoms. The fraction of sp³-hybridized carbons (Fsp3) is 0. The molecule has 2 nitrogen and oxygen atoms in total. The van der Waals surface area contributed by atoms with E-state index in [0.717, 1.165) is 4.88 Å². The van der Waals surface area contributed by atoms with E-state index < -0.39 is 0 Å². The Morgan fingerprint density at radius 2 is 2.15 bits per heavy atom. The van der Waals surface area contributed by atoms with E-state index in [1.165, 1.54) is 16.0 Å². The van der Waals surface area contributed by atoms with Gasteiger partial charge in [-0.3, -0.25) is 0 Å². The fourth-order valence-corrected chi connectivity index (χ4v) is 2.74. The molecule has 66 valence electrons. The molecule has 4 heteroatoms. The summed E-state index contributed by atoms with van der Waals surface area (Å²) in [4.78, 5) is 3.43. The summed E-state index contributed by atoms with van der Waals surface area (Å²) in [6.07, 6.45) is 1.45.